The van der Waals surface area contributed by atoms with E-state index in [0.29, 0.717) is 12.4 Å². The lowest BCUT2D eigenvalue weighted by Gasteiger charge is -2.20. The van der Waals surface area contributed by atoms with Crippen LogP contribution in [0.15, 0.2) is 12.7 Å². The van der Waals surface area contributed by atoms with Gasteiger partial charge in [-0.1, -0.05) is 36.9 Å². The number of nitrogens with one attached hydrogen (secondary N) is 1. The zero-order chi connectivity index (χ0) is 14.5. The molecule has 0 aromatic carbocycles. The summed E-state index contributed by atoms with van der Waals surface area (Å²) in [5.74, 6) is 1.02. The van der Waals surface area contributed by atoms with Crippen LogP contribution in [0.25, 0.3) is 0 Å². The van der Waals surface area contributed by atoms with Crippen molar-refractivity contribution in [3.05, 3.63) is 33.7 Å². The van der Waals surface area contributed by atoms with Crippen molar-refractivity contribution < 1.29 is 4.92 Å². The minimum Gasteiger partial charge on any atom is -0.361 e. The Morgan fingerprint density at radius 1 is 1.40 bits per heavy atom. The molecule has 0 bridgehead atoms. The summed E-state index contributed by atoms with van der Waals surface area (Å²) in [6.45, 7) is 3.96. The lowest BCUT2D eigenvalue weighted by molar-refractivity contribution is -0.384. The summed E-state index contributed by atoms with van der Waals surface area (Å²) in [4.78, 5) is 19.0. The number of halogens is 1. The molecule has 0 amide bonds. The molecule has 0 spiro atoms. The molecule has 1 aromatic rings. The van der Waals surface area contributed by atoms with Crippen LogP contribution in [0.3, 0.4) is 0 Å². The molecule has 1 aromatic heterocycles. The van der Waals surface area contributed by atoms with Crippen molar-refractivity contribution in [1.82, 2.24) is 9.97 Å². The first-order chi connectivity index (χ1) is 9.63. The maximum Gasteiger partial charge on any atom is 0.348 e. The molecule has 7 heteroatoms. The van der Waals surface area contributed by atoms with Gasteiger partial charge in [-0.2, -0.15) is 0 Å². The lowest BCUT2D eigenvalue weighted by atomic mass is 9.89. The van der Waals surface area contributed by atoms with E-state index < -0.39 is 4.92 Å². The number of nitrogens with zero attached hydrogens (tertiary/aromatic N) is 3. The van der Waals surface area contributed by atoms with Gasteiger partial charge in [0, 0.05) is 12.5 Å². The van der Waals surface area contributed by atoms with Gasteiger partial charge in [0.05, 0.1) is 4.92 Å². The van der Waals surface area contributed by atoms with Crippen LogP contribution in [0.2, 0.25) is 5.15 Å². The van der Waals surface area contributed by atoms with Gasteiger partial charge in [-0.15, -0.1) is 6.58 Å². The van der Waals surface area contributed by atoms with E-state index in [4.69, 9.17) is 11.6 Å². The summed E-state index contributed by atoms with van der Waals surface area (Å²) >= 11 is 5.97. The average molecular weight is 297 g/mol. The third kappa shape index (κ3) is 3.25. The molecular formula is C13H17ClN4O2. The Morgan fingerprint density at radius 3 is 2.70 bits per heavy atom. The minimum atomic E-state index is -0.557. The fraction of sp³-hybridized carbons (Fsp3) is 0.538. The number of nitro groups is 1. The summed E-state index contributed by atoms with van der Waals surface area (Å²) in [5.41, 5.74) is -0.270. The summed E-state index contributed by atoms with van der Waals surface area (Å²) in [5, 5.41) is 13.8. The molecule has 1 fully saturated rings. The Morgan fingerprint density at radius 2 is 2.10 bits per heavy atom. The molecular weight excluding hydrogens is 280 g/mol. The molecule has 0 saturated heterocycles. The summed E-state index contributed by atoms with van der Waals surface area (Å²) in [7, 11) is 0. The van der Waals surface area contributed by atoms with Gasteiger partial charge in [0.1, 0.15) is 5.82 Å². The molecule has 1 N–H and O–H groups in total. The third-order valence-corrected chi connectivity index (χ3v) is 3.69. The van der Waals surface area contributed by atoms with Gasteiger partial charge in [-0.25, -0.2) is 9.97 Å². The molecule has 0 atom stereocenters. The third-order valence-electron chi connectivity index (χ3n) is 3.43. The summed E-state index contributed by atoms with van der Waals surface area (Å²) < 4.78 is 0. The highest BCUT2D eigenvalue weighted by molar-refractivity contribution is 6.31. The standard InChI is InChI=1S/C13H17ClN4O2/c1-2-8-15-13-10(18(19)20)11(14)16-12(17-13)9-6-4-3-5-7-9/h2,9H,1,3-8H2,(H,15,16,17). The SMILES string of the molecule is C=CCNc1nc(C2CCCCC2)nc(Cl)c1[N+](=O)[O-]. The van der Waals surface area contributed by atoms with Crippen molar-refractivity contribution in [2.45, 2.75) is 38.0 Å². The Bertz CT molecular complexity index is 515. The van der Waals surface area contributed by atoms with Crippen molar-refractivity contribution in [3.8, 4) is 0 Å². The molecule has 6 nitrogen and oxygen atoms in total. The van der Waals surface area contributed by atoms with Gasteiger partial charge >= 0.3 is 5.69 Å². The highest BCUT2D eigenvalue weighted by Crippen LogP contribution is 2.35. The zero-order valence-corrected chi connectivity index (χ0v) is 11.9. The first-order valence-corrected chi connectivity index (χ1v) is 7.08. The van der Waals surface area contributed by atoms with Gasteiger partial charge in [-0.3, -0.25) is 10.1 Å². The van der Waals surface area contributed by atoms with E-state index in [1.165, 1.54) is 6.42 Å². The monoisotopic (exact) mass is 296 g/mol. The number of anilines is 1. The quantitative estimate of drug-likeness (QED) is 0.388. The summed E-state index contributed by atoms with van der Waals surface area (Å²) in [6.07, 6.45) is 7.12. The maximum atomic E-state index is 11.1. The largest absolute Gasteiger partial charge is 0.361 e. The zero-order valence-electron chi connectivity index (χ0n) is 11.1. The predicted molar refractivity (Wildman–Crippen MR) is 78.2 cm³/mol. The molecule has 1 saturated carbocycles. The van der Waals surface area contributed by atoms with Crippen molar-refractivity contribution in [2.24, 2.45) is 0 Å². The van der Waals surface area contributed by atoms with Crippen molar-refractivity contribution in [1.29, 1.82) is 0 Å². The van der Waals surface area contributed by atoms with Crippen molar-refractivity contribution >= 4 is 23.1 Å². The van der Waals surface area contributed by atoms with Crippen LogP contribution in [-0.2, 0) is 0 Å². The molecule has 0 unspecified atom stereocenters. The second-order valence-electron chi connectivity index (χ2n) is 4.83. The first-order valence-electron chi connectivity index (χ1n) is 6.70. The Balaban J connectivity index is 2.36. The Kier molecular flexibility index (Phi) is 4.89. The number of hydrogen-bond donors (Lipinski definition) is 1. The second kappa shape index (κ2) is 6.65. The molecule has 1 aliphatic carbocycles. The van der Waals surface area contributed by atoms with E-state index in [9.17, 15) is 10.1 Å². The van der Waals surface area contributed by atoms with E-state index in [2.05, 4.69) is 21.9 Å². The van der Waals surface area contributed by atoms with Gasteiger partial charge in [0.2, 0.25) is 11.0 Å². The number of aromatic nitrogens is 2. The van der Waals surface area contributed by atoms with Crippen LogP contribution in [0, 0.1) is 10.1 Å². The van der Waals surface area contributed by atoms with E-state index in [1.807, 2.05) is 0 Å². The number of hydrogen-bond acceptors (Lipinski definition) is 5. The van der Waals surface area contributed by atoms with Crippen LogP contribution in [-0.4, -0.2) is 21.4 Å². The lowest BCUT2D eigenvalue weighted by Crippen LogP contribution is -2.13. The fourth-order valence-corrected chi connectivity index (χ4v) is 2.69. The molecule has 1 heterocycles. The molecule has 1 aliphatic rings. The summed E-state index contributed by atoms with van der Waals surface area (Å²) in [6, 6.07) is 0. The topological polar surface area (TPSA) is 81.0 Å². The Hall–Kier alpha value is -1.69. The van der Waals surface area contributed by atoms with Gasteiger partial charge in [0.15, 0.2) is 0 Å². The van der Waals surface area contributed by atoms with Gasteiger partial charge < -0.3 is 5.32 Å². The molecule has 20 heavy (non-hydrogen) atoms. The first kappa shape index (κ1) is 14.7. The molecule has 0 aliphatic heterocycles. The van der Waals surface area contributed by atoms with Gasteiger partial charge in [-0.05, 0) is 12.8 Å². The second-order valence-corrected chi connectivity index (χ2v) is 5.19. The highest BCUT2D eigenvalue weighted by Gasteiger charge is 2.26. The molecule has 108 valence electrons. The van der Waals surface area contributed by atoms with Crippen molar-refractivity contribution in [3.63, 3.8) is 0 Å². The van der Waals surface area contributed by atoms with Crippen LogP contribution in [0.4, 0.5) is 11.5 Å². The molecule has 0 radical (unpaired) electrons. The van der Waals surface area contributed by atoms with Crippen LogP contribution < -0.4 is 5.32 Å². The van der Waals surface area contributed by atoms with Gasteiger partial charge in [0.25, 0.3) is 0 Å². The minimum absolute atomic E-state index is 0.0999. The van der Waals surface area contributed by atoms with Crippen LogP contribution in [0.1, 0.15) is 43.8 Å². The van der Waals surface area contributed by atoms with Crippen LogP contribution in [0.5, 0.6) is 0 Å². The average Bonchev–Trinajstić information content (AvgIpc) is 2.45. The number of rotatable bonds is 5. The normalized spacial score (nSPS) is 15.8. The Labute approximate surface area is 122 Å². The van der Waals surface area contributed by atoms with Crippen molar-refractivity contribution in [2.75, 3.05) is 11.9 Å². The van der Waals surface area contributed by atoms with E-state index in [0.717, 1.165) is 25.7 Å². The smallest absolute Gasteiger partial charge is 0.348 e. The fourth-order valence-electron chi connectivity index (χ4n) is 2.44. The van der Waals surface area contributed by atoms with E-state index in [-0.39, 0.29) is 22.6 Å². The maximum absolute atomic E-state index is 11.1. The van der Waals surface area contributed by atoms with E-state index in [1.54, 1.807) is 6.08 Å². The highest BCUT2D eigenvalue weighted by atomic mass is 35.5. The predicted octanol–water partition coefficient (Wildman–Crippen LogP) is 3.68. The van der Waals surface area contributed by atoms with Crippen LogP contribution >= 0.6 is 11.6 Å². The molecule has 2 rings (SSSR count). The van der Waals surface area contributed by atoms with E-state index >= 15 is 0 Å².